The van der Waals surface area contributed by atoms with Crippen LogP contribution in [0.3, 0.4) is 0 Å². The van der Waals surface area contributed by atoms with Crippen molar-refractivity contribution in [3.8, 4) is 0 Å². The summed E-state index contributed by atoms with van der Waals surface area (Å²) in [7, 11) is 0. The molecule has 0 spiro atoms. The molecule has 0 aliphatic heterocycles. The third kappa shape index (κ3) is 2.23. The molecule has 1 saturated carbocycles. The Hall–Kier alpha value is -1.40. The highest BCUT2D eigenvalue weighted by molar-refractivity contribution is 9.10. The van der Waals surface area contributed by atoms with E-state index in [1.807, 2.05) is 16.8 Å². The summed E-state index contributed by atoms with van der Waals surface area (Å²) in [5.41, 5.74) is 5.97. The Bertz CT molecular complexity index is 743. The zero-order valence-electron chi connectivity index (χ0n) is 10.9. The lowest BCUT2D eigenvalue weighted by molar-refractivity contribution is 0.670. The molecule has 0 unspecified atom stereocenters. The molecule has 6 heteroatoms. The van der Waals surface area contributed by atoms with E-state index in [2.05, 4.69) is 15.9 Å². The maximum Gasteiger partial charge on any atom is 0.260 e. The Morgan fingerprint density at radius 3 is 2.85 bits per heavy atom. The molecular weight excluding hydrogens is 325 g/mol. The average Bonchev–Trinajstić information content (AvgIpc) is 3.24. The van der Waals surface area contributed by atoms with Gasteiger partial charge in [-0.3, -0.25) is 4.79 Å². The molecule has 2 aromatic rings. The second-order valence-electron chi connectivity index (χ2n) is 5.11. The molecule has 0 amide bonds. The number of pyridine rings is 1. The molecule has 3 rings (SSSR count). The van der Waals surface area contributed by atoms with Gasteiger partial charge in [0.2, 0.25) is 0 Å². The van der Waals surface area contributed by atoms with E-state index in [4.69, 9.17) is 5.73 Å². The largest absolute Gasteiger partial charge is 0.337 e. The van der Waals surface area contributed by atoms with Gasteiger partial charge in [-0.2, -0.15) is 0 Å². The van der Waals surface area contributed by atoms with Crippen LogP contribution in [0, 0.1) is 0 Å². The Balaban J connectivity index is 2.09. The molecule has 0 atom stereocenters. The van der Waals surface area contributed by atoms with Crippen molar-refractivity contribution in [2.75, 3.05) is 6.54 Å². The predicted molar refractivity (Wildman–Crippen MR) is 80.4 cm³/mol. The van der Waals surface area contributed by atoms with Crippen molar-refractivity contribution >= 4 is 26.7 Å². The van der Waals surface area contributed by atoms with Gasteiger partial charge in [-0.25, -0.2) is 4.39 Å². The molecule has 0 aromatic carbocycles. The van der Waals surface area contributed by atoms with E-state index in [-0.39, 0.29) is 12.1 Å². The van der Waals surface area contributed by atoms with Crippen molar-refractivity contribution in [2.24, 2.45) is 5.73 Å². The number of hydrogen-bond acceptors (Lipinski definition) is 2. The molecular formula is C14H15BrFN3O. The molecule has 1 aliphatic rings. The van der Waals surface area contributed by atoms with Crippen molar-refractivity contribution in [1.82, 2.24) is 9.13 Å². The first-order chi connectivity index (χ1) is 9.65. The first-order valence-corrected chi connectivity index (χ1v) is 7.32. The van der Waals surface area contributed by atoms with E-state index >= 15 is 0 Å². The van der Waals surface area contributed by atoms with Crippen molar-refractivity contribution in [3.05, 3.63) is 45.3 Å². The number of hydrogen-bond donors (Lipinski definition) is 1. The molecule has 20 heavy (non-hydrogen) atoms. The molecule has 0 radical (unpaired) electrons. The molecule has 1 fully saturated rings. The van der Waals surface area contributed by atoms with Crippen LogP contribution in [0.15, 0.2) is 39.8 Å². The highest BCUT2D eigenvalue weighted by Gasteiger charge is 2.25. The van der Waals surface area contributed by atoms with Crippen LogP contribution in [0.1, 0.15) is 18.9 Å². The lowest BCUT2D eigenvalue weighted by atomic mass is 10.3. The Kier molecular flexibility index (Phi) is 3.52. The molecule has 0 saturated heterocycles. The van der Waals surface area contributed by atoms with Gasteiger partial charge in [-0.15, -0.1) is 0 Å². The minimum Gasteiger partial charge on any atom is -0.337 e. The maximum atomic E-state index is 12.7. The average molecular weight is 340 g/mol. The summed E-state index contributed by atoms with van der Waals surface area (Å²) in [6.07, 6.45) is 6.26. The molecule has 106 valence electrons. The first-order valence-electron chi connectivity index (χ1n) is 6.53. The lowest BCUT2D eigenvalue weighted by Gasteiger charge is -2.05. The zero-order valence-corrected chi connectivity index (χ0v) is 12.4. The van der Waals surface area contributed by atoms with Crippen molar-refractivity contribution in [2.45, 2.75) is 25.4 Å². The number of halogens is 2. The minimum absolute atomic E-state index is 0.0166. The second kappa shape index (κ2) is 5.18. The standard InChI is InChI=1S/C14H15BrFN3O/c15-13-11-3-4-19(10-1-2-10)14(20)12(11)8-18(13)7-9(5-16)6-17/h3-5,8,10H,1-2,6-7,17H2/b9-5+. The third-order valence-corrected chi connectivity index (χ3v) is 4.53. The molecule has 2 heterocycles. The fraction of sp³-hybridized carbons (Fsp3) is 0.357. The fourth-order valence-corrected chi connectivity index (χ4v) is 2.93. The summed E-state index contributed by atoms with van der Waals surface area (Å²) in [5, 5.41) is 1.50. The van der Waals surface area contributed by atoms with Gasteiger partial charge in [-0.05, 0) is 40.4 Å². The second-order valence-corrected chi connectivity index (χ2v) is 5.86. The van der Waals surface area contributed by atoms with Crippen LogP contribution in [0.5, 0.6) is 0 Å². The normalized spacial score (nSPS) is 16.1. The number of nitrogens with zero attached hydrogens (tertiary/aromatic N) is 2. The Labute approximate surface area is 123 Å². The topological polar surface area (TPSA) is 52.9 Å². The van der Waals surface area contributed by atoms with Crippen molar-refractivity contribution in [1.29, 1.82) is 0 Å². The van der Waals surface area contributed by atoms with E-state index in [1.165, 1.54) is 0 Å². The fourth-order valence-electron chi connectivity index (χ4n) is 2.36. The Morgan fingerprint density at radius 2 is 2.25 bits per heavy atom. The third-order valence-electron chi connectivity index (χ3n) is 3.65. The SMILES string of the molecule is NC/C(=C\F)Cn1cc2c(=O)n(C3CC3)ccc2c1Br. The maximum absolute atomic E-state index is 12.7. The summed E-state index contributed by atoms with van der Waals surface area (Å²) in [6, 6.07) is 2.27. The minimum atomic E-state index is 0.0166. The van der Waals surface area contributed by atoms with Gasteiger partial charge in [0.05, 0.1) is 16.3 Å². The van der Waals surface area contributed by atoms with Gasteiger partial charge in [0.15, 0.2) is 0 Å². The van der Waals surface area contributed by atoms with Gasteiger partial charge in [0.25, 0.3) is 5.56 Å². The van der Waals surface area contributed by atoms with Gasteiger partial charge in [0.1, 0.15) is 0 Å². The number of rotatable bonds is 4. The van der Waals surface area contributed by atoms with Crippen LogP contribution >= 0.6 is 15.9 Å². The number of aromatic nitrogens is 2. The van der Waals surface area contributed by atoms with Crippen LogP contribution in [-0.4, -0.2) is 15.7 Å². The van der Waals surface area contributed by atoms with E-state index < -0.39 is 0 Å². The van der Waals surface area contributed by atoms with Crippen molar-refractivity contribution in [3.63, 3.8) is 0 Å². The molecule has 4 nitrogen and oxygen atoms in total. The zero-order chi connectivity index (χ0) is 14.3. The van der Waals surface area contributed by atoms with Gasteiger partial charge in [-0.1, -0.05) is 0 Å². The van der Waals surface area contributed by atoms with Gasteiger partial charge in [0, 0.05) is 36.9 Å². The highest BCUT2D eigenvalue weighted by Crippen LogP contribution is 2.34. The smallest absolute Gasteiger partial charge is 0.260 e. The molecule has 0 bridgehead atoms. The molecule has 1 aliphatic carbocycles. The van der Waals surface area contributed by atoms with Crippen LogP contribution in [0.2, 0.25) is 0 Å². The summed E-state index contributed by atoms with van der Waals surface area (Å²) in [6.45, 7) is 0.495. The van der Waals surface area contributed by atoms with E-state index in [0.29, 0.717) is 29.9 Å². The number of fused-ring (bicyclic) bond motifs is 1. The van der Waals surface area contributed by atoms with E-state index in [1.54, 1.807) is 10.8 Å². The van der Waals surface area contributed by atoms with Crippen LogP contribution < -0.4 is 11.3 Å². The first kappa shape index (κ1) is 13.6. The lowest BCUT2D eigenvalue weighted by Crippen LogP contribution is -2.17. The van der Waals surface area contributed by atoms with E-state index in [0.717, 1.165) is 22.8 Å². The van der Waals surface area contributed by atoms with Gasteiger partial charge < -0.3 is 14.9 Å². The van der Waals surface area contributed by atoms with Gasteiger partial charge >= 0.3 is 0 Å². The summed E-state index contributed by atoms with van der Waals surface area (Å²) in [5.74, 6) is 0. The predicted octanol–water partition coefficient (Wildman–Crippen LogP) is 2.71. The summed E-state index contributed by atoms with van der Waals surface area (Å²) < 4.78 is 17.0. The monoisotopic (exact) mass is 339 g/mol. The highest BCUT2D eigenvalue weighted by atomic mass is 79.9. The number of nitrogens with two attached hydrogens (primary N) is 1. The molecule has 2 aromatic heterocycles. The summed E-state index contributed by atoms with van der Waals surface area (Å²) >= 11 is 3.47. The molecule has 2 N–H and O–H groups in total. The quantitative estimate of drug-likeness (QED) is 0.931. The van der Waals surface area contributed by atoms with E-state index in [9.17, 15) is 9.18 Å². The van der Waals surface area contributed by atoms with Crippen LogP contribution in [-0.2, 0) is 6.54 Å². The van der Waals surface area contributed by atoms with Crippen LogP contribution in [0.25, 0.3) is 10.8 Å². The summed E-state index contributed by atoms with van der Waals surface area (Å²) in [4.78, 5) is 12.4. The van der Waals surface area contributed by atoms with Crippen molar-refractivity contribution < 1.29 is 4.39 Å². The Morgan fingerprint density at radius 1 is 1.50 bits per heavy atom. The van der Waals surface area contributed by atoms with Crippen LogP contribution in [0.4, 0.5) is 4.39 Å².